The molecule has 0 spiro atoms. The molecule has 0 radical (unpaired) electrons. The number of carbonyl (C=O) groups is 1. The van der Waals surface area contributed by atoms with E-state index in [1.807, 2.05) is 4.72 Å². The third-order valence-electron chi connectivity index (χ3n) is 0.682. The Labute approximate surface area is 69.2 Å². The summed E-state index contributed by atoms with van der Waals surface area (Å²) < 4.78 is 26.7. The largest absolute Gasteiger partial charge is 0.464 e. The Morgan fingerprint density at radius 3 is 2.55 bits per heavy atom. The van der Waals surface area contributed by atoms with Gasteiger partial charge in [0.15, 0.2) is 0 Å². The van der Waals surface area contributed by atoms with Gasteiger partial charge < -0.3 is 4.74 Å². The molecule has 0 aliphatic rings. The molecule has 0 aromatic carbocycles. The third kappa shape index (κ3) is 9.67. The van der Waals surface area contributed by atoms with E-state index >= 15 is 0 Å². The Hall–Kier alpha value is -0.330. The summed E-state index contributed by atoms with van der Waals surface area (Å²) in [6.07, 6.45) is 0. The van der Waals surface area contributed by atoms with Crippen molar-refractivity contribution in [2.24, 2.45) is 0 Å². The van der Waals surface area contributed by atoms with Crippen LogP contribution in [-0.2, 0) is 18.8 Å². The predicted octanol–water partition coefficient (Wildman–Crippen LogP) is -0.377. The maximum absolute atomic E-state index is 10.2. The number of ether oxygens (including phenoxy) is 1. The van der Waals surface area contributed by atoms with Gasteiger partial charge in [0.25, 0.3) is 9.24 Å². The molecule has 0 rings (SSSR count). The minimum Gasteiger partial charge on any atom is -0.464 e. The number of halogens is 1. The van der Waals surface area contributed by atoms with Crippen LogP contribution >= 0.6 is 10.7 Å². The summed E-state index contributed by atoms with van der Waals surface area (Å²) in [5.74, 6) is -0.459. The molecule has 1 N–H and O–H groups in total. The van der Waals surface area contributed by atoms with Gasteiger partial charge in [-0.2, -0.15) is 13.1 Å². The van der Waals surface area contributed by atoms with Crippen LogP contribution < -0.4 is 4.72 Å². The van der Waals surface area contributed by atoms with E-state index in [2.05, 4.69) is 4.74 Å². The van der Waals surface area contributed by atoms with Crippen molar-refractivity contribution < 1.29 is 17.9 Å². The third-order valence-corrected chi connectivity index (χ3v) is 1.56. The Morgan fingerprint density at radius 1 is 1.64 bits per heavy atom. The van der Waals surface area contributed by atoms with E-state index in [0.29, 0.717) is 0 Å². The van der Waals surface area contributed by atoms with E-state index in [-0.39, 0.29) is 13.2 Å². The van der Waals surface area contributed by atoms with Crippen LogP contribution in [0.4, 0.5) is 0 Å². The number of nitrogens with one attached hydrogen (secondary N) is 1. The molecule has 0 unspecified atom stereocenters. The molecule has 0 amide bonds. The highest BCUT2D eigenvalue weighted by Gasteiger charge is 2.01. The smallest absolute Gasteiger partial charge is 0.302 e. The molecule has 0 fully saturated rings. The minimum absolute atomic E-state index is 0.00852. The van der Waals surface area contributed by atoms with Gasteiger partial charge in [-0.25, -0.2) is 0 Å². The monoisotopic (exact) mass is 201 g/mol. The maximum Gasteiger partial charge on any atom is 0.302 e. The Balaban J connectivity index is 3.37. The lowest BCUT2D eigenvalue weighted by molar-refractivity contribution is -0.140. The van der Waals surface area contributed by atoms with E-state index in [1.165, 1.54) is 6.92 Å². The fraction of sp³-hybridized carbons (Fsp3) is 0.750. The van der Waals surface area contributed by atoms with Crippen LogP contribution in [0.15, 0.2) is 0 Å². The van der Waals surface area contributed by atoms with E-state index in [1.54, 1.807) is 0 Å². The van der Waals surface area contributed by atoms with Gasteiger partial charge >= 0.3 is 5.97 Å². The van der Waals surface area contributed by atoms with Gasteiger partial charge in [-0.15, -0.1) is 0 Å². The first kappa shape index (κ1) is 10.7. The van der Waals surface area contributed by atoms with Crippen LogP contribution in [0.1, 0.15) is 6.92 Å². The van der Waals surface area contributed by atoms with Crippen LogP contribution in [0.2, 0.25) is 0 Å². The number of hydrogen-bond acceptors (Lipinski definition) is 4. The summed E-state index contributed by atoms with van der Waals surface area (Å²) in [5, 5.41) is 0. The summed E-state index contributed by atoms with van der Waals surface area (Å²) in [4.78, 5) is 10.1. The molecule has 0 saturated heterocycles. The molecular formula is C4H8ClNO4S. The number of carbonyl (C=O) groups excluding carboxylic acids is 1. The number of hydrogen-bond donors (Lipinski definition) is 1. The maximum atomic E-state index is 10.2. The first-order valence-corrected chi connectivity index (χ1v) is 5.05. The molecule has 0 saturated carbocycles. The van der Waals surface area contributed by atoms with Gasteiger partial charge in [0.1, 0.15) is 6.61 Å². The lowest BCUT2D eigenvalue weighted by Gasteiger charge is -2.00. The summed E-state index contributed by atoms with van der Waals surface area (Å²) in [5.41, 5.74) is 0. The first-order chi connectivity index (χ1) is 4.92. The van der Waals surface area contributed by atoms with Gasteiger partial charge in [-0.3, -0.25) is 4.79 Å². The summed E-state index contributed by atoms with van der Waals surface area (Å²) in [6, 6.07) is 0. The van der Waals surface area contributed by atoms with Gasteiger partial charge in [0.05, 0.1) is 0 Å². The molecule has 11 heavy (non-hydrogen) atoms. The van der Waals surface area contributed by atoms with Crippen molar-refractivity contribution in [3.63, 3.8) is 0 Å². The lowest BCUT2D eigenvalue weighted by atomic mass is 10.7. The van der Waals surface area contributed by atoms with Crippen LogP contribution in [-0.4, -0.2) is 27.5 Å². The predicted molar refractivity (Wildman–Crippen MR) is 39.4 cm³/mol. The molecule has 5 nitrogen and oxygen atoms in total. The molecule has 0 bridgehead atoms. The van der Waals surface area contributed by atoms with Gasteiger partial charge in [-0.05, 0) is 0 Å². The standard InChI is InChI=1S/C4H8ClNO4S/c1-4(7)10-3-2-6-11(5,8)9/h6H,2-3H2,1H3. The van der Waals surface area contributed by atoms with Crippen molar-refractivity contribution in [2.45, 2.75) is 6.92 Å². The van der Waals surface area contributed by atoms with Crippen molar-refractivity contribution in [1.82, 2.24) is 4.72 Å². The normalized spacial score (nSPS) is 11.1. The molecule has 0 aromatic heterocycles. The Kier molecular flexibility index (Phi) is 4.39. The van der Waals surface area contributed by atoms with E-state index < -0.39 is 15.2 Å². The molecule has 0 aromatic rings. The molecule has 0 aliphatic carbocycles. The number of rotatable bonds is 4. The summed E-state index contributed by atoms with van der Waals surface area (Å²) >= 11 is 0. The fourth-order valence-corrected chi connectivity index (χ4v) is 0.917. The lowest BCUT2D eigenvalue weighted by Crippen LogP contribution is -2.23. The van der Waals surface area contributed by atoms with Crippen LogP contribution in [0.5, 0.6) is 0 Å². The second-order valence-electron chi connectivity index (χ2n) is 1.67. The summed E-state index contributed by atoms with van der Waals surface area (Å²) in [7, 11) is 1.08. The van der Waals surface area contributed by atoms with Crippen LogP contribution in [0.25, 0.3) is 0 Å². The van der Waals surface area contributed by atoms with Gasteiger partial charge in [-0.1, -0.05) is 0 Å². The molecular weight excluding hydrogens is 194 g/mol. The highest BCUT2D eigenvalue weighted by molar-refractivity contribution is 8.12. The number of esters is 1. The average molecular weight is 202 g/mol. The SMILES string of the molecule is CC(=O)OCCNS(=O)(=O)Cl. The van der Waals surface area contributed by atoms with Crippen molar-refractivity contribution in [3.8, 4) is 0 Å². The quantitative estimate of drug-likeness (QED) is 0.383. The first-order valence-electron chi connectivity index (χ1n) is 2.74. The summed E-state index contributed by atoms with van der Waals surface area (Å²) in [6.45, 7) is 1.21. The van der Waals surface area contributed by atoms with E-state index in [4.69, 9.17) is 10.7 Å². The van der Waals surface area contributed by atoms with Crippen LogP contribution in [0.3, 0.4) is 0 Å². The molecule has 7 heteroatoms. The Bertz CT molecular complexity index is 224. The Morgan fingerprint density at radius 2 is 2.18 bits per heavy atom. The molecule has 0 aliphatic heterocycles. The van der Waals surface area contributed by atoms with Gasteiger partial charge in [0, 0.05) is 24.2 Å². The average Bonchev–Trinajstić information content (AvgIpc) is 1.78. The zero-order valence-corrected chi connectivity index (χ0v) is 7.41. The van der Waals surface area contributed by atoms with Crippen LogP contribution in [0, 0.1) is 0 Å². The second-order valence-corrected chi connectivity index (χ2v) is 4.06. The van der Waals surface area contributed by atoms with Crippen molar-refractivity contribution in [3.05, 3.63) is 0 Å². The van der Waals surface area contributed by atoms with Crippen molar-refractivity contribution in [1.29, 1.82) is 0 Å². The van der Waals surface area contributed by atoms with E-state index in [9.17, 15) is 13.2 Å². The molecule has 66 valence electrons. The highest BCUT2D eigenvalue weighted by atomic mass is 35.7. The zero-order chi connectivity index (χ0) is 8.91. The van der Waals surface area contributed by atoms with E-state index in [0.717, 1.165) is 0 Å². The zero-order valence-electron chi connectivity index (χ0n) is 5.83. The van der Waals surface area contributed by atoms with Crippen molar-refractivity contribution >= 4 is 25.9 Å². The minimum atomic E-state index is -3.69. The topological polar surface area (TPSA) is 72.5 Å². The van der Waals surface area contributed by atoms with Gasteiger partial charge in [0.2, 0.25) is 0 Å². The molecule has 0 heterocycles. The fourth-order valence-electron chi connectivity index (χ4n) is 0.358. The molecule has 0 atom stereocenters. The van der Waals surface area contributed by atoms with Crippen molar-refractivity contribution in [2.75, 3.05) is 13.2 Å². The highest BCUT2D eigenvalue weighted by Crippen LogP contribution is 1.87. The second kappa shape index (κ2) is 4.53.